The Labute approximate surface area is 140 Å². The first-order valence-corrected chi connectivity index (χ1v) is 8.88. The molecule has 3 rings (SSSR count). The highest BCUT2D eigenvalue weighted by Crippen LogP contribution is 2.23. The number of aryl methyl sites for hydroxylation is 1. The summed E-state index contributed by atoms with van der Waals surface area (Å²) >= 11 is 0. The fourth-order valence-corrected chi connectivity index (χ4v) is 3.44. The molecule has 0 fully saturated rings. The molecule has 0 radical (unpaired) electrons. The molecule has 0 amide bonds. The molecule has 3 aromatic carbocycles. The molecule has 24 heavy (non-hydrogen) atoms. The van der Waals surface area contributed by atoms with Crippen LogP contribution in [0.3, 0.4) is 0 Å². The van der Waals surface area contributed by atoms with Crippen LogP contribution in [0.25, 0.3) is 11.1 Å². The smallest absolute Gasteiger partial charge is 0.261 e. The number of halogens is 1. The molecule has 0 spiro atoms. The lowest BCUT2D eigenvalue weighted by Gasteiger charge is -2.09. The van der Waals surface area contributed by atoms with Gasteiger partial charge in [0.25, 0.3) is 10.0 Å². The van der Waals surface area contributed by atoms with Gasteiger partial charge in [0, 0.05) is 5.69 Å². The topological polar surface area (TPSA) is 46.2 Å². The average molecular weight is 341 g/mol. The highest BCUT2D eigenvalue weighted by Gasteiger charge is 2.14. The maximum Gasteiger partial charge on any atom is 0.261 e. The standard InChI is InChI=1S/C19H16FNO2S/c1-14-3-2-4-18(13-14)21-24(22,23)19-11-7-16(8-12-19)15-5-9-17(20)10-6-15/h2-13,21H,1H3. The van der Waals surface area contributed by atoms with Crippen LogP contribution in [-0.2, 0) is 10.0 Å². The summed E-state index contributed by atoms with van der Waals surface area (Å²) in [6.07, 6.45) is 0. The van der Waals surface area contributed by atoms with Crippen LogP contribution < -0.4 is 4.72 Å². The Morgan fingerprint density at radius 3 is 2.00 bits per heavy atom. The van der Waals surface area contributed by atoms with Crippen molar-refractivity contribution >= 4 is 15.7 Å². The molecule has 0 atom stereocenters. The number of sulfonamides is 1. The van der Waals surface area contributed by atoms with Crippen molar-refractivity contribution < 1.29 is 12.8 Å². The summed E-state index contributed by atoms with van der Waals surface area (Å²) in [5, 5.41) is 0. The molecule has 0 aliphatic rings. The van der Waals surface area contributed by atoms with E-state index in [1.54, 1.807) is 42.5 Å². The monoisotopic (exact) mass is 341 g/mol. The fourth-order valence-electron chi connectivity index (χ4n) is 2.39. The predicted molar refractivity (Wildman–Crippen MR) is 93.8 cm³/mol. The minimum absolute atomic E-state index is 0.176. The van der Waals surface area contributed by atoms with Crippen molar-refractivity contribution in [1.82, 2.24) is 0 Å². The number of nitrogens with one attached hydrogen (secondary N) is 1. The van der Waals surface area contributed by atoms with E-state index in [1.807, 2.05) is 13.0 Å². The Morgan fingerprint density at radius 2 is 1.42 bits per heavy atom. The molecule has 0 saturated heterocycles. The van der Waals surface area contributed by atoms with Gasteiger partial charge in [0.1, 0.15) is 5.82 Å². The lowest BCUT2D eigenvalue weighted by atomic mass is 10.1. The van der Waals surface area contributed by atoms with Crippen LogP contribution in [0.5, 0.6) is 0 Å². The molecule has 122 valence electrons. The van der Waals surface area contributed by atoms with E-state index in [0.717, 1.165) is 16.7 Å². The van der Waals surface area contributed by atoms with Gasteiger partial charge in [0.2, 0.25) is 0 Å². The second-order valence-electron chi connectivity index (χ2n) is 5.51. The van der Waals surface area contributed by atoms with E-state index in [2.05, 4.69) is 4.72 Å². The number of benzene rings is 3. The molecule has 0 heterocycles. The summed E-state index contributed by atoms with van der Waals surface area (Å²) in [4.78, 5) is 0.176. The van der Waals surface area contributed by atoms with E-state index in [1.165, 1.54) is 24.3 Å². The van der Waals surface area contributed by atoms with Crippen molar-refractivity contribution in [3.05, 3.63) is 84.2 Å². The Balaban J connectivity index is 1.85. The number of hydrogen-bond acceptors (Lipinski definition) is 2. The van der Waals surface area contributed by atoms with E-state index in [-0.39, 0.29) is 10.7 Å². The summed E-state index contributed by atoms with van der Waals surface area (Å²) in [7, 11) is -3.65. The van der Waals surface area contributed by atoms with Crippen molar-refractivity contribution in [2.75, 3.05) is 4.72 Å². The van der Waals surface area contributed by atoms with E-state index in [0.29, 0.717) is 5.69 Å². The van der Waals surface area contributed by atoms with Crippen molar-refractivity contribution in [2.24, 2.45) is 0 Å². The van der Waals surface area contributed by atoms with E-state index in [4.69, 9.17) is 0 Å². The van der Waals surface area contributed by atoms with Crippen molar-refractivity contribution in [2.45, 2.75) is 11.8 Å². The van der Waals surface area contributed by atoms with Crippen LogP contribution in [0.1, 0.15) is 5.56 Å². The van der Waals surface area contributed by atoms with Crippen LogP contribution in [0, 0.1) is 12.7 Å². The third kappa shape index (κ3) is 3.63. The molecular weight excluding hydrogens is 325 g/mol. The molecule has 0 aliphatic heterocycles. The molecule has 3 nitrogen and oxygen atoms in total. The molecule has 0 aliphatic carbocycles. The molecule has 0 saturated carbocycles. The minimum Gasteiger partial charge on any atom is -0.280 e. The molecular formula is C19H16FNO2S. The van der Waals surface area contributed by atoms with Gasteiger partial charge in [-0.1, -0.05) is 36.4 Å². The third-order valence-electron chi connectivity index (χ3n) is 3.61. The summed E-state index contributed by atoms with van der Waals surface area (Å²) < 4.78 is 40.4. The Morgan fingerprint density at radius 1 is 0.833 bits per heavy atom. The highest BCUT2D eigenvalue weighted by atomic mass is 32.2. The van der Waals surface area contributed by atoms with Gasteiger partial charge in [-0.25, -0.2) is 12.8 Å². The van der Waals surface area contributed by atoms with Gasteiger partial charge in [-0.2, -0.15) is 0 Å². The Hall–Kier alpha value is -2.66. The van der Waals surface area contributed by atoms with E-state index in [9.17, 15) is 12.8 Å². The quantitative estimate of drug-likeness (QED) is 0.754. The number of hydrogen-bond donors (Lipinski definition) is 1. The highest BCUT2D eigenvalue weighted by molar-refractivity contribution is 7.92. The summed E-state index contributed by atoms with van der Waals surface area (Å²) in [5.74, 6) is -0.305. The molecule has 5 heteroatoms. The van der Waals surface area contributed by atoms with Gasteiger partial charge < -0.3 is 0 Å². The second-order valence-corrected chi connectivity index (χ2v) is 7.19. The summed E-state index contributed by atoms with van der Waals surface area (Å²) in [5.41, 5.74) is 3.15. The van der Waals surface area contributed by atoms with Gasteiger partial charge in [0.15, 0.2) is 0 Å². The number of rotatable bonds is 4. The first-order valence-electron chi connectivity index (χ1n) is 7.39. The second kappa shape index (κ2) is 6.45. The zero-order chi connectivity index (χ0) is 17.2. The first-order chi connectivity index (χ1) is 11.4. The van der Waals surface area contributed by atoms with Crippen LogP contribution in [-0.4, -0.2) is 8.42 Å². The molecule has 0 bridgehead atoms. The summed E-state index contributed by atoms with van der Waals surface area (Å²) in [6.45, 7) is 1.90. The maximum absolute atomic E-state index is 13.0. The largest absolute Gasteiger partial charge is 0.280 e. The SMILES string of the molecule is Cc1cccc(NS(=O)(=O)c2ccc(-c3ccc(F)cc3)cc2)c1. The lowest BCUT2D eigenvalue weighted by Crippen LogP contribution is -2.12. The van der Waals surface area contributed by atoms with Crippen molar-refractivity contribution in [1.29, 1.82) is 0 Å². The van der Waals surface area contributed by atoms with Gasteiger partial charge in [-0.05, 0) is 60.0 Å². The molecule has 1 N–H and O–H groups in total. The van der Waals surface area contributed by atoms with Gasteiger partial charge >= 0.3 is 0 Å². The van der Waals surface area contributed by atoms with Crippen molar-refractivity contribution in [3.63, 3.8) is 0 Å². The third-order valence-corrected chi connectivity index (χ3v) is 5.01. The fraction of sp³-hybridized carbons (Fsp3) is 0.0526. The lowest BCUT2D eigenvalue weighted by molar-refractivity contribution is 0.601. The van der Waals surface area contributed by atoms with Crippen LogP contribution >= 0.6 is 0 Å². The zero-order valence-corrected chi connectivity index (χ0v) is 13.8. The minimum atomic E-state index is -3.65. The van der Waals surface area contributed by atoms with E-state index >= 15 is 0 Å². The van der Waals surface area contributed by atoms with Gasteiger partial charge in [-0.15, -0.1) is 0 Å². The van der Waals surface area contributed by atoms with Crippen molar-refractivity contribution in [3.8, 4) is 11.1 Å². The average Bonchev–Trinajstić information content (AvgIpc) is 2.55. The normalized spacial score (nSPS) is 11.2. The van der Waals surface area contributed by atoms with Gasteiger partial charge in [-0.3, -0.25) is 4.72 Å². The first kappa shape index (κ1) is 16.2. The van der Waals surface area contributed by atoms with Crippen LogP contribution in [0.2, 0.25) is 0 Å². The molecule has 0 aromatic heterocycles. The van der Waals surface area contributed by atoms with Crippen LogP contribution in [0.4, 0.5) is 10.1 Å². The number of anilines is 1. The van der Waals surface area contributed by atoms with E-state index < -0.39 is 10.0 Å². The molecule has 0 unspecified atom stereocenters. The zero-order valence-electron chi connectivity index (χ0n) is 13.0. The predicted octanol–water partition coefficient (Wildman–Crippen LogP) is 4.60. The molecule has 3 aromatic rings. The Kier molecular flexibility index (Phi) is 4.36. The maximum atomic E-state index is 13.0. The van der Waals surface area contributed by atoms with Crippen LogP contribution in [0.15, 0.2) is 77.7 Å². The Bertz CT molecular complexity index is 949. The summed E-state index contributed by atoms with van der Waals surface area (Å²) in [6, 6.07) is 19.7. The van der Waals surface area contributed by atoms with Gasteiger partial charge in [0.05, 0.1) is 4.90 Å².